The minimum Gasteiger partial charge on any atom is -0.481 e. The van der Waals surface area contributed by atoms with Crippen molar-refractivity contribution in [3.8, 4) is 0 Å². The molecule has 4 nitrogen and oxygen atoms in total. The van der Waals surface area contributed by atoms with Gasteiger partial charge >= 0.3 is 11.9 Å². The number of carbonyl (C=O) groups is 2. The highest BCUT2D eigenvalue weighted by atomic mass is 16.5. The van der Waals surface area contributed by atoms with E-state index in [4.69, 9.17) is 9.84 Å². The van der Waals surface area contributed by atoms with Crippen LogP contribution in [0.5, 0.6) is 0 Å². The molecule has 0 spiro atoms. The molecule has 0 aromatic heterocycles. The quantitative estimate of drug-likeness (QED) is 0.822. The average molecular weight is 238 g/mol. The third-order valence-electron chi connectivity index (χ3n) is 1.78. The number of ether oxygens (including phenoxy) is 1. The summed E-state index contributed by atoms with van der Waals surface area (Å²) in [6.45, 7) is 5.50. The van der Waals surface area contributed by atoms with Crippen LogP contribution in [0.2, 0.25) is 0 Å². The average Bonchev–Trinajstić information content (AvgIpc) is 2.31. The lowest BCUT2D eigenvalue weighted by Crippen LogP contribution is -2.03. The van der Waals surface area contributed by atoms with Crippen LogP contribution < -0.4 is 0 Å². The molecule has 0 fully saturated rings. The van der Waals surface area contributed by atoms with Gasteiger partial charge in [-0.25, -0.2) is 4.79 Å². The van der Waals surface area contributed by atoms with Crippen LogP contribution in [0, 0.1) is 5.92 Å². The maximum absolute atomic E-state index is 11.0. The summed E-state index contributed by atoms with van der Waals surface area (Å²) in [5.74, 6) is -1.23. The van der Waals surface area contributed by atoms with Gasteiger partial charge in [-0.15, -0.1) is 0 Å². The van der Waals surface area contributed by atoms with Gasteiger partial charge < -0.3 is 9.84 Å². The topological polar surface area (TPSA) is 63.6 Å². The molecule has 0 heterocycles. The zero-order valence-electron chi connectivity index (χ0n) is 10.3. The van der Waals surface area contributed by atoms with Gasteiger partial charge in [0.25, 0.3) is 0 Å². The van der Waals surface area contributed by atoms with Crippen LogP contribution in [0.25, 0.3) is 0 Å². The summed E-state index contributed by atoms with van der Waals surface area (Å²) < 4.78 is 4.79. The first-order valence-corrected chi connectivity index (χ1v) is 5.44. The van der Waals surface area contributed by atoms with E-state index >= 15 is 0 Å². The summed E-state index contributed by atoms with van der Waals surface area (Å²) in [6, 6.07) is 8.96. The van der Waals surface area contributed by atoms with Crippen molar-refractivity contribution in [2.45, 2.75) is 20.8 Å². The van der Waals surface area contributed by atoms with Gasteiger partial charge in [0.2, 0.25) is 0 Å². The predicted octanol–water partition coefficient (Wildman–Crippen LogP) is 2.59. The largest absolute Gasteiger partial charge is 0.481 e. The highest BCUT2D eigenvalue weighted by Gasteiger charge is 2.02. The normalized spacial score (nSPS) is 9.18. The van der Waals surface area contributed by atoms with E-state index in [1.165, 1.54) is 0 Å². The number of carboxylic acid groups (broad SMARTS) is 1. The maximum atomic E-state index is 11.0. The molecule has 0 aliphatic rings. The van der Waals surface area contributed by atoms with Crippen LogP contribution in [0.4, 0.5) is 0 Å². The molecule has 0 unspecified atom stereocenters. The lowest BCUT2D eigenvalue weighted by atomic mass is 10.2. The second kappa shape index (κ2) is 8.33. The SMILES string of the molecule is CC(C)C(=O)O.CCOC(=O)c1ccccc1. The van der Waals surface area contributed by atoms with E-state index in [0.717, 1.165) is 0 Å². The highest BCUT2D eigenvalue weighted by molar-refractivity contribution is 5.89. The Labute approximate surface area is 101 Å². The highest BCUT2D eigenvalue weighted by Crippen LogP contribution is 1.99. The molecule has 1 aromatic carbocycles. The summed E-state index contributed by atoms with van der Waals surface area (Å²) in [4.78, 5) is 20.7. The molecule has 0 saturated carbocycles. The Bertz CT molecular complexity index is 344. The number of esters is 1. The van der Waals surface area contributed by atoms with Crippen LogP contribution >= 0.6 is 0 Å². The minimum atomic E-state index is -0.741. The summed E-state index contributed by atoms with van der Waals surface area (Å²) >= 11 is 0. The predicted molar refractivity (Wildman–Crippen MR) is 64.9 cm³/mol. The number of hydrogen-bond donors (Lipinski definition) is 1. The van der Waals surface area contributed by atoms with Crippen LogP contribution in [0.15, 0.2) is 30.3 Å². The molecule has 17 heavy (non-hydrogen) atoms. The Balaban J connectivity index is 0.000000366. The number of aliphatic carboxylic acids is 1. The van der Waals surface area contributed by atoms with Crippen molar-refractivity contribution in [1.29, 1.82) is 0 Å². The Morgan fingerprint density at radius 2 is 1.71 bits per heavy atom. The standard InChI is InChI=1S/C9H10O2.C4H8O2/c1-2-11-9(10)8-6-4-3-5-7-8;1-3(2)4(5)6/h3-7H,2H2,1H3;3H,1-2H3,(H,5,6). The Morgan fingerprint density at radius 3 is 2.06 bits per heavy atom. The van der Waals surface area contributed by atoms with Crippen molar-refractivity contribution in [1.82, 2.24) is 0 Å². The van der Waals surface area contributed by atoms with E-state index in [2.05, 4.69) is 0 Å². The Hall–Kier alpha value is -1.84. The van der Waals surface area contributed by atoms with E-state index in [1.54, 1.807) is 32.9 Å². The fourth-order valence-electron chi connectivity index (χ4n) is 0.789. The third kappa shape index (κ3) is 7.11. The second-order valence-electron chi connectivity index (χ2n) is 3.58. The smallest absolute Gasteiger partial charge is 0.338 e. The maximum Gasteiger partial charge on any atom is 0.338 e. The summed E-state index contributed by atoms with van der Waals surface area (Å²) in [7, 11) is 0. The van der Waals surface area contributed by atoms with E-state index in [-0.39, 0.29) is 11.9 Å². The van der Waals surface area contributed by atoms with Crippen molar-refractivity contribution in [2.24, 2.45) is 5.92 Å². The number of carboxylic acids is 1. The van der Waals surface area contributed by atoms with Gasteiger partial charge in [0.05, 0.1) is 18.1 Å². The molecule has 1 aromatic rings. The van der Waals surface area contributed by atoms with Gasteiger partial charge in [-0.3, -0.25) is 4.79 Å². The first-order valence-electron chi connectivity index (χ1n) is 5.44. The van der Waals surface area contributed by atoms with Crippen LogP contribution in [0.1, 0.15) is 31.1 Å². The molecule has 0 aliphatic carbocycles. The molecule has 0 aliphatic heterocycles. The van der Waals surface area contributed by atoms with Crippen LogP contribution in [-0.2, 0) is 9.53 Å². The van der Waals surface area contributed by atoms with E-state index in [9.17, 15) is 9.59 Å². The molecule has 0 amide bonds. The van der Waals surface area contributed by atoms with Crippen molar-refractivity contribution >= 4 is 11.9 Å². The lowest BCUT2D eigenvalue weighted by Gasteiger charge is -1.99. The van der Waals surface area contributed by atoms with Gasteiger partial charge in [-0.05, 0) is 19.1 Å². The zero-order chi connectivity index (χ0) is 13.3. The number of carbonyl (C=O) groups excluding carboxylic acids is 1. The fourth-order valence-corrected chi connectivity index (χ4v) is 0.789. The molecular weight excluding hydrogens is 220 g/mol. The van der Waals surface area contributed by atoms with Crippen molar-refractivity contribution in [2.75, 3.05) is 6.61 Å². The first kappa shape index (κ1) is 15.2. The molecule has 0 saturated heterocycles. The van der Waals surface area contributed by atoms with E-state index < -0.39 is 5.97 Å². The summed E-state index contributed by atoms with van der Waals surface area (Å²) in [6.07, 6.45) is 0. The number of rotatable bonds is 3. The first-order chi connectivity index (χ1) is 7.99. The molecule has 1 rings (SSSR count). The molecule has 0 bridgehead atoms. The van der Waals surface area contributed by atoms with Gasteiger partial charge in [0.15, 0.2) is 0 Å². The second-order valence-corrected chi connectivity index (χ2v) is 3.58. The molecule has 0 radical (unpaired) electrons. The van der Waals surface area contributed by atoms with Crippen molar-refractivity contribution in [3.63, 3.8) is 0 Å². The van der Waals surface area contributed by atoms with E-state index in [1.807, 2.05) is 18.2 Å². The van der Waals surface area contributed by atoms with Crippen LogP contribution in [0.3, 0.4) is 0 Å². The Morgan fingerprint density at radius 1 is 1.24 bits per heavy atom. The monoisotopic (exact) mass is 238 g/mol. The minimum absolute atomic E-state index is 0.231. The van der Waals surface area contributed by atoms with Crippen LogP contribution in [-0.4, -0.2) is 23.7 Å². The van der Waals surface area contributed by atoms with E-state index in [0.29, 0.717) is 12.2 Å². The molecule has 94 valence electrons. The van der Waals surface area contributed by atoms with Crippen molar-refractivity contribution in [3.05, 3.63) is 35.9 Å². The van der Waals surface area contributed by atoms with Gasteiger partial charge in [-0.2, -0.15) is 0 Å². The summed E-state index contributed by atoms with van der Waals surface area (Å²) in [5, 5.41) is 7.99. The molecule has 1 N–H and O–H groups in total. The van der Waals surface area contributed by atoms with Gasteiger partial charge in [0, 0.05) is 0 Å². The molecule has 0 atom stereocenters. The molecule has 4 heteroatoms. The summed E-state index contributed by atoms with van der Waals surface area (Å²) in [5.41, 5.74) is 0.606. The van der Waals surface area contributed by atoms with Gasteiger partial charge in [-0.1, -0.05) is 32.0 Å². The zero-order valence-corrected chi connectivity index (χ0v) is 10.3. The third-order valence-corrected chi connectivity index (χ3v) is 1.78. The number of hydrogen-bond acceptors (Lipinski definition) is 3. The number of benzene rings is 1. The fraction of sp³-hybridized carbons (Fsp3) is 0.385. The Kier molecular flexibility index (Phi) is 7.43. The molecular formula is C13H18O4. The lowest BCUT2D eigenvalue weighted by molar-refractivity contribution is -0.140. The van der Waals surface area contributed by atoms with Gasteiger partial charge in [0.1, 0.15) is 0 Å². The van der Waals surface area contributed by atoms with Crippen molar-refractivity contribution < 1.29 is 19.4 Å².